The lowest BCUT2D eigenvalue weighted by atomic mass is 9.66. The van der Waals surface area contributed by atoms with Gasteiger partial charge in [-0.15, -0.1) is 0 Å². The van der Waals surface area contributed by atoms with Crippen LogP contribution >= 0.6 is 0 Å². The fourth-order valence-electron chi connectivity index (χ4n) is 5.96. The first-order chi connectivity index (χ1) is 14.6. The smallest absolute Gasteiger partial charge is 0.0583 e. The van der Waals surface area contributed by atoms with Crippen molar-refractivity contribution < 1.29 is 5.11 Å². The molecule has 3 N–H and O–H groups in total. The van der Waals surface area contributed by atoms with Crippen molar-refractivity contribution in [2.24, 2.45) is 11.3 Å². The van der Waals surface area contributed by atoms with E-state index in [1.54, 1.807) is 0 Å². The van der Waals surface area contributed by atoms with Crippen LogP contribution in [-0.2, 0) is 0 Å². The van der Waals surface area contributed by atoms with E-state index in [0.29, 0.717) is 0 Å². The molecule has 0 saturated heterocycles. The Hall–Kier alpha value is -2.32. The molecule has 0 bridgehead atoms. The zero-order chi connectivity index (χ0) is 21.1. The molecule has 0 aliphatic heterocycles. The minimum absolute atomic E-state index is 0.200. The van der Waals surface area contributed by atoms with Gasteiger partial charge in [0.2, 0.25) is 0 Å². The van der Waals surface area contributed by atoms with E-state index in [2.05, 4.69) is 62.0 Å². The molecule has 2 heteroatoms. The van der Waals surface area contributed by atoms with Crippen molar-refractivity contribution in [1.82, 2.24) is 0 Å². The van der Waals surface area contributed by atoms with Gasteiger partial charge in [0.15, 0.2) is 0 Å². The summed E-state index contributed by atoms with van der Waals surface area (Å²) in [6.45, 7) is 6.90. The molecule has 0 amide bonds. The van der Waals surface area contributed by atoms with Gasteiger partial charge in [-0.2, -0.15) is 0 Å². The van der Waals surface area contributed by atoms with E-state index in [1.165, 1.54) is 48.0 Å². The highest BCUT2D eigenvalue weighted by Gasteiger charge is 2.56. The van der Waals surface area contributed by atoms with E-state index in [4.69, 9.17) is 5.73 Å². The van der Waals surface area contributed by atoms with Crippen LogP contribution in [0.4, 0.5) is 5.69 Å². The first kappa shape index (κ1) is 20.9. The second-order valence-corrected chi connectivity index (χ2v) is 9.15. The van der Waals surface area contributed by atoms with Crippen LogP contribution in [-0.4, -0.2) is 11.2 Å². The summed E-state index contributed by atoms with van der Waals surface area (Å²) in [6, 6.07) is 18.9. The fraction of sp³-hybridized carbons (Fsp3) is 0.429. The van der Waals surface area contributed by atoms with Crippen molar-refractivity contribution in [1.29, 1.82) is 0 Å². The maximum absolute atomic E-state index is 11.0. The normalized spacial score (nSPS) is 25.5. The summed E-state index contributed by atoms with van der Waals surface area (Å²) in [5.41, 5.74) is 13.3. The number of rotatable bonds is 8. The number of fused-ring (bicyclic) bond motifs is 1. The van der Waals surface area contributed by atoms with Crippen molar-refractivity contribution in [3.05, 3.63) is 77.9 Å². The zero-order valence-electron chi connectivity index (χ0n) is 18.2. The lowest BCUT2D eigenvalue weighted by molar-refractivity contribution is 0.120. The summed E-state index contributed by atoms with van der Waals surface area (Å²) in [4.78, 5) is 0. The van der Waals surface area contributed by atoms with Crippen molar-refractivity contribution in [3.63, 3.8) is 0 Å². The van der Waals surface area contributed by atoms with Gasteiger partial charge in [-0.1, -0.05) is 80.8 Å². The minimum Gasteiger partial charge on any atom is -0.399 e. The SMILES string of the molecule is C=C(c1ccccc1)[C@@]12CC[C@@H](O)C1CC(CCCCCC)=C2c1cccc(N)c1. The summed E-state index contributed by atoms with van der Waals surface area (Å²) < 4.78 is 0. The van der Waals surface area contributed by atoms with Crippen LogP contribution in [0.5, 0.6) is 0 Å². The molecule has 0 aromatic heterocycles. The highest BCUT2D eigenvalue weighted by atomic mass is 16.3. The molecule has 1 unspecified atom stereocenters. The molecule has 158 valence electrons. The van der Waals surface area contributed by atoms with Crippen LogP contribution in [0.3, 0.4) is 0 Å². The summed E-state index contributed by atoms with van der Waals surface area (Å²) in [6.07, 6.45) is 8.62. The van der Waals surface area contributed by atoms with E-state index in [9.17, 15) is 5.11 Å². The van der Waals surface area contributed by atoms with Gasteiger partial charge in [-0.25, -0.2) is 0 Å². The molecular weight excluding hydrogens is 366 g/mol. The second kappa shape index (κ2) is 8.81. The van der Waals surface area contributed by atoms with Crippen LogP contribution < -0.4 is 5.73 Å². The Morgan fingerprint density at radius 2 is 1.90 bits per heavy atom. The number of anilines is 1. The molecule has 2 nitrogen and oxygen atoms in total. The average molecular weight is 402 g/mol. The number of hydrogen-bond donors (Lipinski definition) is 2. The third kappa shape index (κ3) is 3.63. The number of aliphatic hydroxyl groups is 1. The van der Waals surface area contributed by atoms with Crippen molar-refractivity contribution in [2.75, 3.05) is 5.73 Å². The molecule has 0 spiro atoms. The monoisotopic (exact) mass is 401 g/mol. The number of hydrogen-bond acceptors (Lipinski definition) is 2. The van der Waals surface area contributed by atoms with Crippen LogP contribution in [0.1, 0.15) is 69.4 Å². The number of aliphatic hydroxyl groups excluding tert-OH is 1. The molecule has 2 aromatic carbocycles. The molecule has 0 radical (unpaired) electrons. The number of allylic oxidation sites excluding steroid dienone is 3. The van der Waals surface area contributed by atoms with Crippen LogP contribution in [0.25, 0.3) is 11.1 Å². The lowest BCUT2D eigenvalue weighted by Crippen LogP contribution is -2.29. The third-order valence-corrected chi connectivity index (χ3v) is 7.37. The van der Waals surface area contributed by atoms with Crippen molar-refractivity contribution >= 4 is 16.8 Å². The first-order valence-electron chi connectivity index (χ1n) is 11.6. The second-order valence-electron chi connectivity index (χ2n) is 9.15. The topological polar surface area (TPSA) is 46.2 Å². The Morgan fingerprint density at radius 3 is 2.63 bits per heavy atom. The molecular formula is C28H35NO. The molecule has 30 heavy (non-hydrogen) atoms. The quantitative estimate of drug-likeness (QED) is 0.374. The minimum atomic E-state index is -0.269. The Bertz CT molecular complexity index is 929. The fourth-order valence-corrected chi connectivity index (χ4v) is 5.96. The van der Waals surface area contributed by atoms with E-state index in [0.717, 1.165) is 36.9 Å². The molecule has 0 heterocycles. The van der Waals surface area contributed by atoms with Gasteiger partial charge in [0.1, 0.15) is 0 Å². The van der Waals surface area contributed by atoms with Gasteiger partial charge in [0.05, 0.1) is 6.10 Å². The molecule has 3 atom stereocenters. The highest BCUT2D eigenvalue weighted by molar-refractivity contribution is 5.90. The van der Waals surface area contributed by atoms with E-state index < -0.39 is 0 Å². The Labute approximate surface area is 181 Å². The molecule has 2 aromatic rings. The Morgan fingerprint density at radius 1 is 1.10 bits per heavy atom. The summed E-state index contributed by atoms with van der Waals surface area (Å²) in [5.74, 6) is 0.211. The number of unbranched alkanes of at least 4 members (excludes halogenated alkanes) is 3. The van der Waals surface area contributed by atoms with Crippen LogP contribution in [0.15, 0.2) is 66.7 Å². The van der Waals surface area contributed by atoms with Gasteiger partial charge in [0.25, 0.3) is 0 Å². The van der Waals surface area contributed by atoms with Crippen molar-refractivity contribution in [2.45, 2.75) is 64.4 Å². The van der Waals surface area contributed by atoms with Gasteiger partial charge in [-0.05, 0) is 66.5 Å². The van der Waals surface area contributed by atoms with E-state index >= 15 is 0 Å². The maximum atomic E-state index is 11.0. The maximum Gasteiger partial charge on any atom is 0.0583 e. The van der Waals surface area contributed by atoms with Gasteiger partial charge >= 0.3 is 0 Å². The van der Waals surface area contributed by atoms with Crippen LogP contribution in [0, 0.1) is 11.3 Å². The highest BCUT2D eigenvalue weighted by Crippen LogP contribution is 2.66. The van der Waals surface area contributed by atoms with Crippen LogP contribution in [0.2, 0.25) is 0 Å². The Balaban J connectivity index is 1.82. The summed E-state index contributed by atoms with van der Waals surface area (Å²) in [5, 5.41) is 11.0. The number of nitrogens with two attached hydrogens (primary N) is 1. The number of benzene rings is 2. The van der Waals surface area contributed by atoms with E-state index in [-0.39, 0.29) is 17.4 Å². The molecule has 2 aliphatic carbocycles. The predicted molar refractivity (Wildman–Crippen MR) is 128 cm³/mol. The molecule has 2 aliphatic rings. The molecule has 1 saturated carbocycles. The molecule has 1 fully saturated rings. The van der Waals surface area contributed by atoms with E-state index in [1.807, 2.05) is 6.07 Å². The summed E-state index contributed by atoms with van der Waals surface area (Å²) in [7, 11) is 0. The third-order valence-electron chi connectivity index (χ3n) is 7.37. The van der Waals surface area contributed by atoms with Gasteiger partial charge < -0.3 is 10.8 Å². The predicted octanol–water partition coefficient (Wildman–Crippen LogP) is 6.87. The lowest BCUT2D eigenvalue weighted by Gasteiger charge is -2.37. The van der Waals surface area contributed by atoms with Gasteiger partial charge in [0, 0.05) is 17.0 Å². The van der Waals surface area contributed by atoms with Crippen molar-refractivity contribution in [3.8, 4) is 0 Å². The summed E-state index contributed by atoms with van der Waals surface area (Å²) >= 11 is 0. The average Bonchev–Trinajstić information content (AvgIpc) is 3.26. The Kier molecular flexibility index (Phi) is 6.15. The van der Waals surface area contributed by atoms with Gasteiger partial charge in [-0.3, -0.25) is 0 Å². The standard InChI is InChI=1S/C28H35NO/c1-3-4-5-7-13-23-19-25-26(30)16-17-28(25,20(2)21-11-8-6-9-12-21)27(23)22-14-10-15-24(29)18-22/h6,8-12,14-15,18,25-26,30H,2-5,7,13,16-17,19,29H2,1H3/t25?,26-,28+/m1/s1. The number of nitrogen functional groups attached to an aromatic ring is 1. The first-order valence-corrected chi connectivity index (χ1v) is 11.6. The molecule has 4 rings (SSSR count). The zero-order valence-corrected chi connectivity index (χ0v) is 18.2. The largest absolute Gasteiger partial charge is 0.399 e.